The van der Waals surface area contributed by atoms with Gasteiger partial charge < -0.3 is 9.64 Å². The van der Waals surface area contributed by atoms with Crippen LogP contribution in [0.15, 0.2) is 0 Å². The Morgan fingerprint density at radius 1 is 1.06 bits per heavy atom. The number of fused-ring (bicyclic) bond motifs is 1. The zero-order valence-corrected chi connectivity index (χ0v) is 9.55. The second kappa shape index (κ2) is 3.82. The summed E-state index contributed by atoms with van der Waals surface area (Å²) in [5, 5.41) is 0. The fraction of sp³-hybridized carbons (Fsp3) is 0.750. The molecule has 17 heavy (non-hydrogen) atoms. The first kappa shape index (κ1) is 10.7. The van der Waals surface area contributed by atoms with Crippen molar-refractivity contribution in [2.75, 3.05) is 6.61 Å². The van der Waals surface area contributed by atoms with E-state index in [4.69, 9.17) is 4.74 Å². The Kier molecular flexibility index (Phi) is 2.42. The van der Waals surface area contributed by atoms with Crippen molar-refractivity contribution in [2.24, 2.45) is 5.92 Å². The largest absolute Gasteiger partial charge is 0.463 e. The van der Waals surface area contributed by atoms with Gasteiger partial charge in [-0.15, -0.1) is 0 Å². The van der Waals surface area contributed by atoms with Crippen LogP contribution in [0, 0.1) is 5.92 Å². The van der Waals surface area contributed by atoms with Gasteiger partial charge in [0.1, 0.15) is 12.6 Å². The monoisotopic (exact) mass is 237 g/mol. The molecule has 1 saturated carbocycles. The van der Waals surface area contributed by atoms with Crippen molar-refractivity contribution in [2.45, 2.75) is 44.2 Å². The zero-order chi connectivity index (χ0) is 12.0. The van der Waals surface area contributed by atoms with E-state index < -0.39 is 29.6 Å². The quantitative estimate of drug-likeness (QED) is 0.485. The Morgan fingerprint density at radius 2 is 1.76 bits per heavy atom. The number of ketones is 1. The Morgan fingerprint density at radius 3 is 2.47 bits per heavy atom. The molecule has 2 heterocycles. The van der Waals surface area contributed by atoms with Crippen LogP contribution < -0.4 is 0 Å². The summed E-state index contributed by atoms with van der Waals surface area (Å²) in [6, 6.07) is -0.570. The van der Waals surface area contributed by atoms with Crippen LogP contribution in [0.4, 0.5) is 0 Å². The van der Waals surface area contributed by atoms with Gasteiger partial charge in [-0.2, -0.15) is 0 Å². The summed E-state index contributed by atoms with van der Waals surface area (Å²) in [7, 11) is 0. The number of esters is 1. The first-order valence-electron chi connectivity index (χ1n) is 6.23. The van der Waals surface area contributed by atoms with Gasteiger partial charge in [0.15, 0.2) is 0 Å². The van der Waals surface area contributed by atoms with Gasteiger partial charge in [0, 0.05) is 6.04 Å². The van der Waals surface area contributed by atoms with E-state index in [1.807, 2.05) is 0 Å². The minimum atomic E-state index is -0.627. The average Bonchev–Trinajstić information content (AvgIpc) is 2.83. The Balaban J connectivity index is 1.88. The van der Waals surface area contributed by atoms with Crippen LogP contribution >= 0.6 is 0 Å². The Bertz CT molecular complexity index is 386. The molecule has 0 N–H and O–H groups in total. The maximum absolute atomic E-state index is 11.9. The number of hydrogen-bond acceptors (Lipinski definition) is 4. The molecule has 0 aromatic carbocycles. The second-order valence-corrected chi connectivity index (χ2v) is 5.05. The first-order valence-corrected chi connectivity index (χ1v) is 6.23. The molecule has 0 spiro atoms. The molecule has 2 atom stereocenters. The zero-order valence-electron chi connectivity index (χ0n) is 9.55. The Hall–Kier alpha value is -1.39. The van der Waals surface area contributed by atoms with Gasteiger partial charge in [0.25, 0.3) is 5.91 Å². The molecule has 5 nitrogen and oxygen atoms in total. The highest BCUT2D eigenvalue weighted by atomic mass is 16.5. The highest BCUT2D eigenvalue weighted by Gasteiger charge is 2.57. The van der Waals surface area contributed by atoms with Gasteiger partial charge in [-0.25, -0.2) is 4.79 Å². The maximum atomic E-state index is 11.9. The van der Waals surface area contributed by atoms with Gasteiger partial charge in [-0.05, 0) is 12.8 Å². The first-order chi connectivity index (χ1) is 8.20. The summed E-state index contributed by atoms with van der Waals surface area (Å²) in [6.07, 6.45) is 5.10. The smallest absolute Gasteiger partial charge is 0.329 e. The molecule has 0 radical (unpaired) electrons. The van der Waals surface area contributed by atoms with E-state index in [0.29, 0.717) is 0 Å². The van der Waals surface area contributed by atoms with Crippen LogP contribution in [0.3, 0.4) is 0 Å². The lowest BCUT2D eigenvalue weighted by Crippen LogP contribution is -2.46. The molecule has 2 aliphatic heterocycles. The number of ether oxygens (including phenoxy) is 1. The van der Waals surface area contributed by atoms with E-state index in [2.05, 4.69) is 0 Å². The van der Waals surface area contributed by atoms with Crippen molar-refractivity contribution in [1.82, 2.24) is 4.90 Å². The number of nitrogens with zero attached hydrogens (tertiary/aromatic N) is 1. The van der Waals surface area contributed by atoms with Crippen LogP contribution in [0.25, 0.3) is 0 Å². The van der Waals surface area contributed by atoms with E-state index in [9.17, 15) is 14.4 Å². The van der Waals surface area contributed by atoms with Crippen LogP contribution in [-0.2, 0) is 19.1 Å². The average molecular weight is 237 g/mol. The Labute approximate surface area is 99.1 Å². The molecule has 3 aliphatic rings. The number of Topliss-reactive ketones (excluding diaryl/α,β-unsaturated/α-hetero) is 1. The van der Waals surface area contributed by atoms with Crippen molar-refractivity contribution in [3.05, 3.63) is 0 Å². The third kappa shape index (κ3) is 1.48. The topological polar surface area (TPSA) is 63.7 Å². The predicted molar refractivity (Wildman–Crippen MR) is 57.0 cm³/mol. The molecule has 0 bridgehead atoms. The minimum Gasteiger partial charge on any atom is -0.463 e. The fourth-order valence-electron chi connectivity index (χ4n) is 3.20. The maximum Gasteiger partial charge on any atom is 0.329 e. The molecule has 3 fully saturated rings. The molecular formula is C12H15NO4. The van der Waals surface area contributed by atoms with E-state index >= 15 is 0 Å². The molecule has 92 valence electrons. The lowest BCUT2D eigenvalue weighted by molar-refractivity contribution is -0.150. The molecule has 1 amide bonds. The highest BCUT2D eigenvalue weighted by Crippen LogP contribution is 2.35. The summed E-state index contributed by atoms with van der Waals surface area (Å²) in [5.74, 6) is -1.85. The number of cyclic esters (lactones) is 1. The summed E-state index contributed by atoms with van der Waals surface area (Å²) < 4.78 is 4.91. The van der Waals surface area contributed by atoms with E-state index in [-0.39, 0.29) is 12.6 Å². The van der Waals surface area contributed by atoms with Crippen molar-refractivity contribution < 1.29 is 19.1 Å². The SMILES string of the molecule is O=C1OC[C@H]2C(=O)C(=O)N(C3CCCCC3)[C@H]12. The van der Waals surface area contributed by atoms with E-state index in [1.165, 1.54) is 11.3 Å². The molecule has 0 aromatic rings. The van der Waals surface area contributed by atoms with Crippen molar-refractivity contribution in [1.29, 1.82) is 0 Å². The lowest BCUT2D eigenvalue weighted by atomic mass is 9.93. The third-order valence-corrected chi connectivity index (χ3v) is 4.08. The molecule has 1 aliphatic carbocycles. The van der Waals surface area contributed by atoms with Gasteiger partial charge >= 0.3 is 5.97 Å². The molecular weight excluding hydrogens is 222 g/mol. The standard InChI is InChI=1S/C12H15NO4/c14-10-8-6-17-12(16)9(8)13(11(10)15)7-4-2-1-3-5-7/h7-9H,1-6H2/t8-,9+/m1/s1. The number of carbonyl (C=O) groups excluding carboxylic acids is 3. The summed E-state index contributed by atoms with van der Waals surface area (Å²) in [5.41, 5.74) is 0. The highest BCUT2D eigenvalue weighted by molar-refractivity contribution is 6.40. The van der Waals surface area contributed by atoms with Crippen molar-refractivity contribution in [3.8, 4) is 0 Å². The minimum absolute atomic E-state index is 0.0563. The van der Waals surface area contributed by atoms with Crippen molar-refractivity contribution in [3.63, 3.8) is 0 Å². The summed E-state index contributed by atoms with van der Waals surface area (Å²) >= 11 is 0. The number of amides is 1. The van der Waals surface area contributed by atoms with E-state index in [1.54, 1.807) is 0 Å². The molecule has 5 heteroatoms. The molecule has 0 unspecified atom stereocenters. The predicted octanol–water partition coefficient (Wildman–Crippen LogP) is 0.272. The van der Waals surface area contributed by atoms with Crippen LogP contribution in [-0.4, -0.2) is 41.3 Å². The lowest BCUT2D eigenvalue weighted by Gasteiger charge is -2.33. The second-order valence-electron chi connectivity index (χ2n) is 5.05. The van der Waals surface area contributed by atoms with Gasteiger partial charge in [-0.3, -0.25) is 9.59 Å². The molecule has 3 rings (SSSR count). The number of carbonyl (C=O) groups is 3. The summed E-state index contributed by atoms with van der Waals surface area (Å²) in [6.45, 7) is 0.0806. The summed E-state index contributed by atoms with van der Waals surface area (Å²) in [4.78, 5) is 36.8. The van der Waals surface area contributed by atoms with Crippen LogP contribution in [0.2, 0.25) is 0 Å². The van der Waals surface area contributed by atoms with Crippen molar-refractivity contribution >= 4 is 17.7 Å². The number of rotatable bonds is 1. The number of hydrogen-bond donors (Lipinski definition) is 0. The fourth-order valence-corrected chi connectivity index (χ4v) is 3.20. The number of likely N-dealkylation sites (tertiary alicyclic amines) is 1. The van der Waals surface area contributed by atoms with Crippen LogP contribution in [0.5, 0.6) is 0 Å². The van der Waals surface area contributed by atoms with Crippen LogP contribution in [0.1, 0.15) is 32.1 Å². The molecule has 2 saturated heterocycles. The van der Waals surface area contributed by atoms with E-state index in [0.717, 1.165) is 25.7 Å². The molecule has 0 aromatic heterocycles. The normalized spacial score (nSPS) is 34.1. The van der Waals surface area contributed by atoms with Gasteiger partial charge in [0.05, 0.1) is 5.92 Å². The van der Waals surface area contributed by atoms with Gasteiger partial charge in [0.2, 0.25) is 5.78 Å². The van der Waals surface area contributed by atoms with Gasteiger partial charge in [-0.1, -0.05) is 19.3 Å². The third-order valence-electron chi connectivity index (χ3n) is 4.08.